The van der Waals surface area contributed by atoms with Crippen LogP contribution in [0.4, 0.5) is 5.13 Å². The minimum absolute atomic E-state index is 0.0214. The standard InChI is InChI=1S/C15H10ClN7OS/c16-10-4-2-9(3-5-10)8-11-20-21-15(25-11)19-13(24)12-18-14-17-6-1-7-23(14)22-12/h1-7H,8H2,(H,19,21,24). The zero-order valence-corrected chi connectivity index (χ0v) is 14.2. The molecule has 0 saturated carbocycles. The van der Waals surface area contributed by atoms with Gasteiger partial charge in [0.25, 0.3) is 11.7 Å². The van der Waals surface area contributed by atoms with Gasteiger partial charge >= 0.3 is 0 Å². The molecule has 3 heterocycles. The van der Waals surface area contributed by atoms with E-state index in [1.165, 1.54) is 15.9 Å². The normalized spacial score (nSPS) is 10.9. The van der Waals surface area contributed by atoms with Gasteiger partial charge in [0, 0.05) is 23.8 Å². The Labute approximate surface area is 150 Å². The maximum Gasteiger partial charge on any atom is 0.297 e. The van der Waals surface area contributed by atoms with Gasteiger partial charge in [0.05, 0.1) is 0 Å². The summed E-state index contributed by atoms with van der Waals surface area (Å²) in [5.41, 5.74) is 1.06. The zero-order valence-electron chi connectivity index (χ0n) is 12.6. The lowest BCUT2D eigenvalue weighted by molar-refractivity contribution is 0.101. The van der Waals surface area contributed by atoms with Crippen molar-refractivity contribution < 1.29 is 4.79 Å². The first-order valence-corrected chi connectivity index (χ1v) is 8.42. The Morgan fingerprint density at radius 2 is 2.08 bits per heavy atom. The lowest BCUT2D eigenvalue weighted by Crippen LogP contribution is -2.13. The van der Waals surface area contributed by atoms with E-state index in [2.05, 4.69) is 30.6 Å². The molecule has 0 radical (unpaired) electrons. The maximum atomic E-state index is 12.2. The van der Waals surface area contributed by atoms with E-state index >= 15 is 0 Å². The molecule has 0 atom stereocenters. The molecular weight excluding hydrogens is 362 g/mol. The summed E-state index contributed by atoms with van der Waals surface area (Å²) in [5, 5.41) is 16.6. The van der Waals surface area contributed by atoms with Crippen LogP contribution in [0.1, 0.15) is 21.2 Å². The molecule has 10 heteroatoms. The molecule has 124 valence electrons. The Morgan fingerprint density at radius 1 is 1.24 bits per heavy atom. The average molecular weight is 372 g/mol. The highest BCUT2D eigenvalue weighted by molar-refractivity contribution is 7.15. The number of aromatic nitrogens is 6. The largest absolute Gasteiger partial charge is 0.297 e. The van der Waals surface area contributed by atoms with Gasteiger partial charge in [-0.1, -0.05) is 35.1 Å². The fraction of sp³-hybridized carbons (Fsp3) is 0.0667. The molecule has 25 heavy (non-hydrogen) atoms. The van der Waals surface area contributed by atoms with E-state index < -0.39 is 5.91 Å². The molecule has 0 aliphatic rings. The predicted octanol–water partition coefficient (Wildman–Crippen LogP) is 2.47. The molecule has 8 nitrogen and oxygen atoms in total. The van der Waals surface area contributed by atoms with Gasteiger partial charge in [-0.15, -0.1) is 15.3 Å². The van der Waals surface area contributed by atoms with Crippen molar-refractivity contribution in [1.29, 1.82) is 0 Å². The van der Waals surface area contributed by atoms with Crippen LogP contribution in [0, 0.1) is 0 Å². The van der Waals surface area contributed by atoms with Gasteiger partial charge in [-0.05, 0) is 23.8 Å². The van der Waals surface area contributed by atoms with E-state index in [4.69, 9.17) is 11.6 Å². The van der Waals surface area contributed by atoms with E-state index in [9.17, 15) is 4.79 Å². The quantitative estimate of drug-likeness (QED) is 0.591. The first-order chi connectivity index (χ1) is 12.2. The molecular formula is C15H10ClN7OS. The van der Waals surface area contributed by atoms with Gasteiger partial charge < -0.3 is 0 Å². The van der Waals surface area contributed by atoms with Gasteiger partial charge in [-0.25, -0.2) is 9.50 Å². The number of carbonyl (C=O) groups is 1. The third kappa shape index (κ3) is 3.47. The Kier molecular flexibility index (Phi) is 4.08. The van der Waals surface area contributed by atoms with Gasteiger partial charge in [0.2, 0.25) is 11.0 Å². The Hall–Kier alpha value is -2.91. The SMILES string of the molecule is O=C(Nc1nnc(Cc2ccc(Cl)cc2)s1)c1nc2ncccn2n1. The molecule has 4 rings (SSSR count). The zero-order chi connectivity index (χ0) is 17.2. The van der Waals surface area contributed by atoms with Crippen LogP contribution in [-0.4, -0.2) is 35.7 Å². The number of hydrogen-bond acceptors (Lipinski definition) is 7. The number of fused-ring (bicyclic) bond motifs is 1. The molecule has 0 bridgehead atoms. The monoisotopic (exact) mass is 371 g/mol. The summed E-state index contributed by atoms with van der Waals surface area (Å²) >= 11 is 7.17. The lowest BCUT2D eigenvalue weighted by Gasteiger charge is -1.97. The van der Waals surface area contributed by atoms with Gasteiger partial charge in [0.15, 0.2) is 0 Å². The van der Waals surface area contributed by atoms with Crippen molar-refractivity contribution in [1.82, 2.24) is 29.8 Å². The van der Waals surface area contributed by atoms with Crippen molar-refractivity contribution in [3.8, 4) is 0 Å². The molecule has 3 aromatic heterocycles. The summed E-state index contributed by atoms with van der Waals surface area (Å²) in [7, 11) is 0. The number of benzene rings is 1. The van der Waals surface area contributed by atoms with Gasteiger partial charge in [-0.2, -0.15) is 4.98 Å². The molecule has 0 spiro atoms. The van der Waals surface area contributed by atoms with Gasteiger partial charge in [-0.3, -0.25) is 10.1 Å². The van der Waals surface area contributed by atoms with Crippen LogP contribution in [0.2, 0.25) is 5.02 Å². The lowest BCUT2D eigenvalue weighted by atomic mass is 10.2. The van der Waals surface area contributed by atoms with E-state index in [0.717, 1.165) is 10.6 Å². The fourth-order valence-corrected chi connectivity index (χ4v) is 3.03. The van der Waals surface area contributed by atoms with Crippen molar-refractivity contribution in [2.45, 2.75) is 6.42 Å². The highest BCUT2D eigenvalue weighted by Gasteiger charge is 2.16. The summed E-state index contributed by atoms with van der Waals surface area (Å²) in [6.07, 6.45) is 3.86. The van der Waals surface area contributed by atoms with Crippen LogP contribution in [0.25, 0.3) is 5.78 Å². The predicted molar refractivity (Wildman–Crippen MR) is 92.9 cm³/mol. The van der Waals surface area contributed by atoms with Crippen molar-refractivity contribution in [3.05, 3.63) is 64.1 Å². The van der Waals surface area contributed by atoms with Crippen molar-refractivity contribution in [2.24, 2.45) is 0 Å². The average Bonchev–Trinajstić information content (AvgIpc) is 3.23. The minimum Gasteiger partial charge on any atom is -0.294 e. The second-order valence-electron chi connectivity index (χ2n) is 5.06. The molecule has 1 amide bonds. The third-order valence-corrected chi connectivity index (χ3v) is 4.37. The van der Waals surface area contributed by atoms with Crippen LogP contribution >= 0.6 is 22.9 Å². The topological polar surface area (TPSA) is 98.0 Å². The number of amides is 1. The number of anilines is 1. The Morgan fingerprint density at radius 3 is 2.88 bits per heavy atom. The Bertz CT molecular complexity index is 1010. The van der Waals surface area contributed by atoms with Crippen LogP contribution in [0.15, 0.2) is 42.7 Å². The highest BCUT2D eigenvalue weighted by Crippen LogP contribution is 2.20. The number of carbonyl (C=O) groups excluding carboxylic acids is 1. The summed E-state index contributed by atoms with van der Waals surface area (Å²) in [4.78, 5) is 20.3. The highest BCUT2D eigenvalue weighted by atomic mass is 35.5. The molecule has 0 fully saturated rings. The van der Waals surface area contributed by atoms with Crippen LogP contribution in [-0.2, 0) is 6.42 Å². The molecule has 0 aliphatic heterocycles. The first kappa shape index (κ1) is 15.6. The summed E-state index contributed by atoms with van der Waals surface area (Å²) in [6, 6.07) is 9.20. The molecule has 0 saturated heterocycles. The smallest absolute Gasteiger partial charge is 0.294 e. The van der Waals surface area contributed by atoms with E-state index in [0.29, 0.717) is 22.4 Å². The van der Waals surface area contributed by atoms with Crippen LogP contribution in [0.5, 0.6) is 0 Å². The molecule has 0 aliphatic carbocycles. The van der Waals surface area contributed by atoms with Crippen molar-refractivity contribution >= 4 is 39.8 Å². The van der Waals surface area contributed by atoms with E-state index in [1.54, 1.807) is 18.5 Å². The molecule has 1 aromatic carbocycles. The first-order valence-electron chi connectivity index (χ1n) is 7.23. The summed E-state index contributed by atoms with van der Waals surface area (Å²) in [6.45, 7) is 0. The van der Waals surface area contributed by atoms with Crippen LogP contribution in [0.3, 0.4) is 0 Å². The third-order valence-electron chi connectivity index (χ3n) is 3.28. The second-order valence-corrected chi connectivity index (χ2v) is 6.56. The number of nitrogens with one attached hydrogen (secondary N) is 1. The second kappa shape index (κ2) is 6.54. The molecule has 4 aromatic rings. The Balaban J connectivity index is 1.46. The van der Waals surface area contributed by atoms with Crippen LogP contribution < -0.4 is 5.32 Å². The number of hydrogen-bond donors (Lipinski definition) is 1. The van der Waals surface area contributed by atoms with E-state index in [1.807, 2.05) is 24.3 Å². The molecule has 0 unspecified atom stereocenters. The number of rotatable bonds is 4. The summed E-state index contributed by atoms with van der Waals surface area (Å²) in [5.74, 6) is -0.0822. The number of halogens is 1. The van der Waals surface area contributed by atoms with Crippen molar-refractivity contribution in [2.75, 3.05) is 5.32 Å². The summed E-state index contributed by atoms with van der Waals surface area (Å²) < 4.78 is 1.43. The maximum absolute atomic E-state index is 12.2. The van der Waals surface area contributed by atoms with Crippen molar-refractivity contribution in [3.63, 3.8) is 0 Å². The van der Waals surface area contributed by atoms with E-state index in [-0.39, 0.29) is 5.82 Å². The van der Waals surface area contributed by atoms with Gasteiger partial charge in [0.1, 0.15) is 5.01 Å². The minimum atomic E-state index is -0.459. The molecule has 1 N–H and O–H groups in total. The fourth-order valence-electron chi connectivity index (χ4n) is 2.13. The number of nitrogens with zero attached hydrogens (tertiary/aromatic N) is 6.